The number of ether oxygens (including phenoxy) is 2. The van der Waals surface area contributed by atoms with Gasteiger partial charge >= 0.3 is 12.1 Å². The molecule has 0 aromatic heterocycles. The highest BCUT2D eigenvalue weighted by atomic mass is 16.6. The van der Waals surface area contributed by atoms with E-state index >= 15 is 0 Å². The van der Waals surface area contributed by atoms with Gasteiger partial charge in [-0.1, -0.05) is 0 Å². The van der Waals surface area contributed by atoms with Crippen LogP contribution < -0.4 is 0 Å². The van der Waals surface area contributed by atoms with Crippen molar-refractivity contribution in [3.63, 3.8) is 0 Å². The minimum atomic E-state index is -1.42. The number of rotatable bonds is 2. The fraction of sp³-hybridized carbons (Fsp3) is 0.786. The van der Waals surface area contributed by atoms with Crippen LogP contribution >= 0.6 is 0 Å². The van der Waals surface area contributed by atoms with Crippen LogP contribution in [-0.2, 0) is 19.1 Å². The van der Waals surface area contributed by atoms with Gasteiger partial charge in [0, 0.05) is 6.42 Å². The summed E-state index contributed by atoms with van der Waals surface area (Å²) in [6.45, 7) is 7.10. The molecule has 1 saturated carbocycles. The lowest BCUT2D eigenvalue weighted by atomic mass is 9.88. The number of amides is 1. The molecule has 2 rings (SSSR count). The van der Waals surface area contributed by atoms with Crippen molar-refractivity contribution in [1.29, 1.82) is 0 Å². The third kappa shape index (κ3) is 2.17. The molecule has 0 spiro atoms. The van der Waals surface area contributed by atoms with Crippen molar-refractivity contribution < 1.29 is 23.9 Å². The molecule has 20 heavy (non-hydrogen) atoms. The number of esters is 1. The Morgan fingerprint density at radius 3 is 2.60 bits per heavy atom. The molecule has 0 radical (unpaired) electrons. The SMILES string of the molecule is CCOC(=O)C12C(=O)CCCC1N2C(=O)OC(C)(C)C. The van der Waals surface area contributed by atoms with E-state index in [9.17, 15) is 14.4 Å². The summed E-state index contributed by atoms with van der Waals surface area (Å²) in [5, 5.41) is 0. The Bertz CT molecular complexity index is 453. The van der Waals surface area contributed by atoms with Crippen molar-refractivity contribution >= 4 is 17.8 Å². The lowest BCUT2D eigenvalue weighted by Crippen LogP contribution is -2.44. The summed E-state index contributed by atoms with van der Waals surface area (Å²) in [7, 11) is 0. The molecule has 2 atom stereocenters. The molecule has 0 N–H and O–H groups in total. The van der Waals surface area contributed by atoms with Crippen molar-refractivity contribution in [1.82, 2.24) is 4.90 Å². The van der Waals surface area contributed by atoms with Gasteiger partial charge in [0.15, 0.2) is 5.78 Å². The minimum absolute atomic E-state index is 0.183. The van der Waals surface area contributed by atoms with Gasteiger partial charge in [0.25, 0.3) is 0 Å². The van der Waals surface area contributed by atoms with E-state index in [2.05, 4.69) is 0 Å². The predicted molar refractivity (Wildman–Crippen MR) is 70.1 cm³/mol. The number of hydrogen-bond donors (Lipinski definition) is 0. The molecule has 0 aromatic carbocycles. The van der Waals surface area contributed by atoms with E-state index in [4.69, 9.17) is 9.47 Å². The lowest BCUT2D eigenvalue weighted by molar-refractivity contribution is -0.151. The van der Waals surface area contributed by atoms with E-state index in [0.29, 0.717) is 19.3 Å². The quantitative estimate of drug-likeness (QED) is 0.438. The highest BCUT2D eigenvalue weighted by molar-refractivity contribution is 6.16. The molecule has 0 bridgehead atoms. The molecule has 2 fully saturated rings. The van der Waals surface area contributed by atoms with Crippen LogP contribution in [0.1, 0.15) is 47.0 Å². The Kier molecular flexibility index (Phi) is 3.52. The third-order valence-corrected chi connectivity index (χ3v) is 3.59. The number of ketones is 1. The van der Waals surface area contributed by atoms with Crippen molar-refractivity contribution in [3.8, 4) is 0 Å². The van der Waals surface area contributed by atoms with E-state index in [1.807, 2.05) is 0 Å². The maximum atomic E-state index is 12.2. The van der Waals surface area contributed by atoms with Crippen LogP contribution in [-0.4, -0.2) is 46.5 Å². The molecule has 1 heterocycles. The molecule has 1 amide bonds. The average Bonchev–Trinajstić information content (AvgIpc) is 2.99. The standard InChI is InChI=1S/C14H21NO5/c1-5-19-11(17)14-9(7-6-8-10(14)16)15(14)12(18)20-13(2,3)4/h9H,5-8H2,1-4H3. The molecule has 1 aliphatic carbocycles. The predicted octanol–water partition coefficient (Wildman–Crippen LogP) is 1.66. The molecule has 0 aromatic rings. The Balaban J connectivity index is 2.24. The van der Waals surface area contributed by atoms with Crippen molar-refractivity contribution in [2.45, 2.75) is 64.1 Å². The second-order valence-electron chi connectivity index (χ2n) is 6.17. The van der Waals surface area contributed by atoms with Crippen LogP contribution in [0, 0.1) is 0 Å². The van der Waals surface area contributed by atoms with Crippen LogP contribution in [0.5, 0.6) is 0 Å². The second-order valence-corrected chi connectivity index (χ2v) is 6.17. The van der Waals surface area contributed by atoms with Gasteiger partial charge < -0.3 is 9.47 Å². The van der Waals surface area contributed by atoms with Crippen LogP contribution in [0.3, 0.4) is 0 Å². The van der Waals surface area contributed by atoms with Gasteiger partial charge in [-0.2, -0.15) is 0 Å². The van der Waals surface area contributed by atoms with Gasteiger partial charge in [-0.3, -0.25) is 9.69 Å². The van der Waals surface area contributed by atoms with Crippen molar-refractivity contribution in [2.24, 2.45) is 0 Å². The molecular formula is C14H21NO5. The first-order valence-electron chi connectivity index (χ1n) is 6.98. The normalized spacial score (nSPS) is 28.7. The molecule has 112 valence electrons. The number of carbonyl (C=O) groups is 3. The van der Waals surface area contributed by atoms with Gasteiger partial charge in [0.05, 0.1) is 12.6 Å². The number of fused-ring (bicyclic) bond motifs is 1. The Labute approximate surface area is 118 Å². The van der Waals surface area contributed by atoms with E-state index < -0.39 is 29.2 Å². The topological polar surface area (TPSA) is 72.7 Å². The van der Waals surface area contributed by atoms with E-state index in [0.717, 1.165) is 0 Å². The molecule has 1 saturated heterocycles. The van der Waals surface area contributed by atoms with Crippen LogP contribution in [0.4, 0.5) is 4.79 Å². The summed E-state index contributed by atoms with van der Waals surface area (Å²) in [6.07, 6.45) is 0.994. The van der Waals surface area contributed by atoms with Gasteiger partial charge in [-0.05, 0) is 40.5 Å². The lowest BCUT2D eigenvalue weighted by Gasteiger charge is -2.21. The maximum absolute atomic E-state index is 12.2. The Hall–Kier alpha value is -1.59. The zero-order valence-corrected chi connectivity index (χ0v) is 12.4. The average molecular weight is 283 g/mol. The summed E-state index contributed by atoms with van der Waals surface area (Å²) in [6, 6.07) is -0.405. The minimum Gasteiger partial charge on any atom is -0.464 e. The summed E-state index contributed by atoms with van der Waals surface area (Å²) in [5.41, 5.74) is -2.09. The molecule has 2 aliphatic rings. The van der Waals surface area contributed by atoms with Crippen LogP contribution in [0.25, 0.3) is 0 Å². The first-order chi connectivity index (χ1) is 9.25. The van der Waals surface area contributed by atoms with Crippen LogP contribution in [0.15, 0.2) is 0 Å². The smallest absolute Gasteiger partial charge is 0.412 e. The third-order valence-electron chi connectivity index (χ3n) is 3.59. The van der Waals surface area contributed by atoms with Crippen molar-refractivity contribution in [2.75, 3.05) is 6.61 Å². The summed E-state index contributed by atoms with van der Waals surface area (Å²) < 4.78 is 10.3. The van der Waals surface area contributed by atoms with Crippen LogP contribution in [0.2, 0.25) is 0 Å². The number of Topliss-reactive ketones (excluding diaryl/α,β-unsaturated/α-hetero) is 1. The summed E-state index contributed by atoms with van der Waals surface area (Å²) in [4.78, 5) is 37.8. The number of nitrogens with zero attached hydrogens (tertiary/aromatic N) is 1. The highest BCUT2D eigenvalue weighted by Crippen LogP contribution is 2.50. The second kappa shape index (κ2) is 4.75. The van der Waals surface area contributed by atoms with Crippen molar-refractivity contribution in [3.05, 3.63) is 0 Å². The summed E-state index contributed by atoms with van der Waals surface area (Å²) >= 11 is 0. The molecular weight excluding hydrogens is 262 g/mol. The zero-order chi connectivity index (χ0) is 15.1. The zero-order valence-electron chi connectivity index (χ0n) is 12.4. The van der Waals surface area contributed by atoms with E-state index in [1.165, 1.54) is 4.90 Å². The first kappa shape index (κ1) is 14.8. The number of hydrogen-bond acceptors (Lipinski definition) is 5. The molecule has 1 aliphatic heterocycles. The fourth-order valence-electron chi connectivity index (χ4n) is 2.82. The Morgan fingerprint density at radius 2 is 2.05 bits per heavy atom. The molecule has 2 unspecified atom stereocenters. The van der Waals surface area contributed by atoms with Gasteiger partial charge in [-0.25, -0.2) is 9.59 Å². The van der Waals surface area contributed by atoms with Gasteiger partial charge in [0.1, 0.15) is 5.60 Å². The van der Waals surface area contributed by atoms with Gasteiger partial charge in [-0.15, -0.1) is 0 Å². The fourth-order valence-corrected chi connectivity index (χ4v) is 2.82. The summed E-state index contributed by atoms with van der Waals surface area (Å²) in [5.74, 6) is -0.862. The van der Waals surface area contributed by atoms with E-state index in [-0.39, 0.29) is 12.4 Å². The molecule has 6 heteroatoms. The Morgan fingerprint density at radius 1 is 1.40 bits per heavy atom. The number of likely N-dealkylation sites (tertiary alicyclic amines) is 1. The highest BCUT2D eigenvalue weighted by Gasteiger charge is 2.77. The largest absolute Gasteiger partial charge is 0.464 e. The van der Waals surface area contributed by atoms with Gasteiger partial charge in [0.2, 0.25) is 5.54 Å². The first-order valence-corrected chi connectivity index (χ1v) is 6.98. The monoisotopic (exact) mass is 283 g/mol. The van der Waals surface area contributed by atoms with E-state index in [1.54, 1.807) is 27.7 Å². The maximum Gasteiger partial charge on any atom is 0.412 e. The molecule has 6 nitrogen and oxygen atoms in total. The number of carbonyl (C=O) groups excluding carboxylic acids is 3.